The van der Waals surface area contributed by atoms with Crippen molar-refractivity contribution in [2.24, 2.45) is 0 Å². The number of carbonyl (C=O) groups is 2. The zero-order valence-electron chi connectivity index (χ0n) is 10.1. The minimum Gasteiger partial charge on any atom is -0.480 e. The Bertz CT molecular complexity index is 358. The third-order valence-electron chi connectivity index (χ3n) is 3.43. The van der Waals surface area contributed by atoms with Crippen molar-refractivity contribution in [1.82, 2.24) is 10.6 Å². The third-order valence-corrected chi connectivity index (χ3v) is 3.43. The van der Waals surface area contributed by atoms with Gasteiger partial charge in [-0.25, -0.2) is 9.59 Å². The molecule has 0 aromatic heterocycles. The van der Waals surface area contributed by atoms with Gasteiger partial charge in [0.1, 0.15) is 6.04 Å². The molecule has 0 aliphatic carbocycles. The number of aliphatic carboxylic acids is 1. The number of rotatable bonds is 5. The van der Waals surface area contributed by atoms with E-state index in [4.69, 9.17) is 9.84 Å². The number of hydrogen-bond acceptors (Lipinski definition) is 3. The Labute approximate surface area is 105 Å². The van der Waals surface area contributed by atoms with Gasteiger partial charge in [0, 0.05) is 0 Å². The van der Waals surface area contributed by atoms with Gasteiger partial charge in [0.2, 0.25) is 0 Å². The van der Waals surface area contributed by atoms with Crippen LogP contribution in [0.4, 0.5) is 4.79 Å². The summed E-state index contributed by atoms with van der Waals surface area (Å²) in [6.45, 7) is 3.47. The molecule has 4 atom stereocenters. The van der Waals surface area contributed by atoms with Gasteiger partial charge < -0.3 is 20.5 Å². The molecule has 100 valence electrons. The van der Waals surface area contributed by atoms with Gasteiger partial charge in [-0.3, -0.25) is 0 Å². The molecule has 0 aromatic carbocycles. The maximum atomic E-state index is 11.7. The molecule has 0 spiro atoms. The number of carboxylic acid groups (broad SMARTS) is 1. The molecule has 2 amide bonds. The summed E-state index contributed by atoms with van der Waals surface area (Å²) < 4.78 is 5.61. The number of fused-ring (bicyclic) bond motifs is 2. The number of ether oxygens (including phenoxy) is 1. The average Bonchev–Trinajstić information content (AvgIpc) is 2.90. The van der Waals surface area contributed by atoms with Crippen LogP contribution in [-0.2, 0) is 9.53 Å². The third kappa shape index (κ3) is 2.81. The number of carboxylic acids is 1. The standard InChI is InChI=1S/C12H18N2O4/c1-2-3-8(11(15)16)13-12(17)14-9-6-7-4-5-10(9)18-7/h2,7-10H,1,3-6H2,(H,15,16)(H2,13,14,17). The smallest absolute Gasteiger partial charge is 0.326 e. The minimum atomic E-state index is -1.06. The van der Waals surface area contributed by atoms with Gasteiger partial charge in [0.15, 0.2) is 0 Å². The second kappa shape index (κ2) is 5.39. The molecule has 18 heavy (non-hydrogen) atoms. The highest BCUT2D eigenvalue weighted by molar-refractivity contribution is 5.82. The maximum Gasteiger partial charge on any atom is 0.326 e. The largest absolute Gasteiger partial charge is 0.480 e. The van der Waals surface area contributed by atoms with Gasteiger partial charge in [-0.15, -0.1) is 6.58 Å². The van der Waals surface area contributed by atoms with Crippen LogP contribution in [0.15, 0.2) is 12.7 Å². The fraction of sp³-hybridized carbons (Fsp3) is 0.667. The topological polar surface area (TPSA) is 87.7 Å². The molecule has 6 heteroatoms. The summed E-state index contributed by atoms with van der Waals surface area (Å²) in [7, 11) is 0. The normalized spacial score (nSPS) is 30.8. The fourth-order valence-electron chi connectivity index (χ4n) is 2.55. The summed E-state index contributed by atoms with van der Waals surface area (Å²) in [4.78, 5) is 22.6. The summed E-state index contributed by atoms with van der Waals surface area (Å²) in [6.07, 6.45) is 4.85. The van der Waals surface area contributed by atoms with E-state index < -0.39 is 18.0 Å². The first-order valence-corrected chi connectivity index (χ1v) is 6.16. The highest BCUT2D eigenvalue weighted by Crippen LogP contribution is 2.34. The summed E-state index contributed by atoms with van der Waals surface area (Å²) >= 11 is 0. The van der Waals surface area contributed by atoms with Crippen molar-refractivity contribution in [3.63, 3.8) is 0 Å². The van der Waals surface area contributed by atoms with E-state index >= 15 is 0 Å². The molecule has 4 unspecified atom stereocenters. The van der Waals surface area contributed by atoms with Gasteiger partial charge >= 0.3 is 12.0 Å². The van der Waals surface area contributed by atoms with Gasteiger partial charge in [-0.2, -0.15) is 0 Å². The summed E-state index contributed by atoms with van der Waals surface area (Å²) in [5.41, 5.74) is 0. The zero-order chi connectivity index (χ0) is 13.1. The average molecular weight is 254 g/mol. The Balaban J connectivity index is 1.81. The molecule has 0 radical (unpaired) electrons. The lowest BCUT2D eigenvalue weighted by molar-refractivity contribution is -0.139. The van der Waals surface area contributed by atoms with Gasteiger partial charge in [0.25, 0.3) is 0 Å². The Kier molecular flexibility index (Phi) is 3.86. The lowest BCUT2D eigenvalue weighted by Crippen LogP contribution is -2.51. The first-order valence-electron chi connectivity index (χ1n) is 6.16. The molecule has 2 fully saturated rings. The predicted molar refractivity (Wildman–Crippen MR) is 64.2 cm³/mol. The zero-order valence-corrected chi connectivity index (χ0v) is 10.1. The second-order valence-electron chi connectivity index (χ2n) is 4.75. The van der Waals surface area contributed by atoms with Crippen LogP contribution in [0, 0.1) is 0 Å². The number of urea groups is 1. The van der Waals surface area contributed by atoms with Gasteiger partial charge in [0.05, 0.1) is 18.2 Å². The highest BCUT2D eigenvalue weighted by Gasteiger charge is 2.41. The van der Waals surface area contributed by atoms with E-state index in [1.54, 1.807) is 0 Å². The van der Waals surface area contributed by atoms with Gasteiger partial charge in [-0.1, -0.05) is 6.08 Å². The van der Waals surface area contributed by atoms with Crippen molar-refractivity contribution in [2.45, 2.75) is 50.0 Å². The molecule has 0 aromatic rings. The molecular weight excluding hydrogens is 236 g/mol. The van der Waals surface area contributed by atoms with Crippen LogP contribution in [0.1, 0.15) is 25.7 Å². The number of hydrogen-bond donors (Lipinski definition) is 3. The van der Waals surface area contributed by atoms with Crippen LogP contribution in [-0.4, -0.2) is 41.4 Å². The van der Waals surface area contributed by atoms with Crippen LogP contribution < -0.4 is 10.6 Å². The van der Waals surface area contributed by atoms with E-state index in [-0.39, 0.29) is 24.7 Å². The molecule has 2 aliphatic heterocycles. The van der Waals surface area contributed by atoms with Crippen molar-refractivity contribution in [1.29, 1.82) is 0 Å². The second-order valence-corrected chi connectivity index (χ2v) is 4.75. The molecule has 6 nitrogen and oxygen atoms in total. The first-order chi connectivity index (χ1) is 8.60. The quantitative estimate of drug-likeness (QED) is 0.628. The Morgan fingerprint density at radius 3 is 2.78 bits per heavy atom. The van der Waals surface area contributed by atoms with Crippen LogP contribution in [0.2, 0.25) is 0 Å². The SMILES string of the molecule is C=CCC(NC(=O)NC1CC2CCC1O2)C(=O)O. The predicted octanol–water partition coefficient (Wildman–Crippen LogP) is 0.635. The molecule has 2 heterocycles. The Hall–Kier alpha value is -1.56. The minimum absolute atomic E-state index is 0.00178. The van der Waals surface area contributed by atoms with E-state index in [0.29, 0.717) is 0 Å². The van der Waals surface area contributed by atoms with Crippen LogP contribution in [0.3, 0.4) is 0 Å². The van der Waals surface area contributed by atoms with Crippen molar-refractivity contribution in [3.05, 3.63) is 12.7 Å². The van der Waals surface area contributed by atoms with E-state index in [1.807, 2.05) is 0 Å². The van der Waals surface area contributed by atoms with E-state index in [0.717, 1.165) is 19.3 Å². The van der Waals surface area contributed by atoms with Crippen molar-refractivity contribution >= 4 is 12.0 Å². The monoisotopic (exact) mass is 254 g/mol. The summed E-state index contributed by atoms with van der Waals surface area (Å²) in [6, 6.07) is -1.38. The summed E-state index contributed by atoms with van der Waals surface area (Å²) in [5, 5.41) is 14.1. The molecule has 3 N–H and O–H groups in total. The van der Waals surface area contributed by atoms with Gasteiger partial charge in [-0.05, 0) is 25.7 Å². The van der Waals surface area contributed by atoms with Crippen molar-refractivity contribution < 1.29 is 19.4 Å². The van der Waals surface area contributed by atoms with E-state index in [2.05, 4.69) is 17.2 Å². The highest BCUT2D eigenvalue weighted by atomic mass is 16.5. The van der Waals surface area contributed by atoms with Crippen LogP contribution in [0.5, 0.6) is 0 Å². The van der Waals surface area contributed by atoms with Crippen molar-refractivity contribution in [3.8, 4) is 0 Å². The number of nitrogens with one attached hydrogen (secondary N) is 2. The molecule has 2 saturated heterocycles. The summed E-state index contributed by atoms with van der Waals surface area (Å²) in [5.74, 6) is -1.06. The van der Waals surface area contributed by atoms with E-state index in [1.165, 1.54) is 6.08 Å². The van der Waals surface area contributed by atoms with E-state index in [9.17, 15) is 9.59 Å². The Morgan fingerprint density at radius 2 is 2.28 bits per heavy atom. The first kappa shape index (κ1) is 12.9. The lowest BCUT2D eigenvalue weighted by Gasteiger charge is -2.21. The molecule has 2 rings (SSSR count). The molecule has 2 bridgehead atoms. The van der Waals surface area contributed by atoms with Crippen molar-refractivity contribution in [2.75, 3.05) is 0 Å². The maximum absolute atomic E-state index is 11.7. The molecule has 2 aliphatic rings. The number of carbonyl (C=O) groups excluding carboxylic acids is 1. The molecule has 0 saturated carbocycles. The number of amides is 2. The van der Waals surface area contributed by atoms with Crippen LogP contribution >= 0.6 is 0 Å². The van der Waals surface area contributed by atoms with Crippen LogP contribution in [0.25, 0.3) is 0 Å². The lowest BCUT2D eigenvalue weighted by atomic mass is 9.96. The fourth-order valence-corrected chi connectivity index (χ4v) is 2.55. The Morgan fingerprint density at radius 1 is 1.50 bits per heavy atom. The molecular formula is C12H18N2O4.